The Hall–Kier alpha value is -6.63. The zero-order chi connectivity index (χ0) is 33.5. The van der Waals surface area contributed by atoms with Gasteiger partial charge in [-0.05, 0) is 53.6 Å². The fourth-order valence-electron chi connectivity index (χ4n) is 7.62. The number of aromatic nitrogens is 4. The van der Waals surface area contributed by atoms with Crippen LogP contribution in [0.4, 0.5) is 0 Å². The van der Waals surface area contributed by atoms with E-state index in [1.165, 1.54) is 30.9 Å². The Labute approximate surface area is 295 Å². The van der Waals surface area contributed by atoms with Gasteiger partial charge in [0.2, 0.25) is 5.95 Å². The van der Waals surface area contributed by atoms with Crippen molar-refractivity contribution in [1.82, 2.24) is 19.5 Å². The Kier molecular flexibility index (Phi) is 6.05. The molecule has 0 radical (unpaired) electrons. The summed E-state index contributed by atoms with van der Waals surface area (Å²) in [5.41, 5.74) is 7.83. The smallest absolute Gasteiger partial charge is 0.238 e. The average Bonchev–Trinajstić information content (AvgIpc) is 3.87. The highest BCUT2D eigenvalue weighted by atomic mass is 32.1. The van der Waals surface area contributed by atoms with E-state index in [9.17, 15) is 0 Å². The van der Waals surface area contributed by atoms with Crippen molar-refractivity contribution in [2.24, 2.45) is 0 Å². The molecule has 0 saturated heterocycles. The van der Waals surface area contributed by atoms with Crippen LogP contribution in [0.5, 0.6) is 0 Å². The van der Waals surface area contributed by atoms with E-state index in [0.717, 1.165) is 55.2 Å². The fourth-order valence-corrected chi connectivity index (χ4v) is 8.74. The minimum Gasteiger partial charge on any atom is -0.456 e. The van der Waals surface area contributed by atoms with Crippen LogP contribution in [0.25, 0.3) is 104 Å². The Morgan fingerprint density at radius 1 is 0.431 bits per heavy atom. The minimum atomic E-state index is 0.569. The van der Waals surface area contributed by atoms with E-state index in [-0.39, 0.29) is 0 Å². The molecule has 0 spiro atoms. The maximum atomic E-state index is 6.50. The standard InChI is InChI=1S/C45H26N4OS/c1-3-12-27(13-4-1)30-18-11-20-36-40(30)32-23-22-29(26-37(32)50-36)44-46-43(28-14-5-2-6-15-28)47-45(48-44)49-34-19-9-7-16-31(34)41-35(49)24-25-39-42(41)33-17-8-10-21-38(33)51-39/h1-26H. The second-order valence-electron chi connectivity index (χ2n) is 12.8. The molecule has 4 heterocycles. The van der Waals surface area contributed by atoms with Gasteiger partial charge in [-0.15, -0.1) is 11.3 Å². The van der Waals surface area contributed by atoms with Gasteiger partial charge in [-0.3, -0.25) is 4.57 Å². The third-order valence-corrected chi connectivity index (χ3v) is 11.0. The van der Waals surface area contributed by atoms with Crippen LogP contribution in [0, 0.1) is 0 Å². The molecule has 0 unspecified atom stereocenters. The molecule has 0 bridgehead atoms. The summed E-state index contributed by atoms with van der Waals surface area (Å²) in [4.78, 5) is 15.5. The molecule has 0 saturated carbocycles. The molecule has 0 aliphatic carbocycles. The number of para-hydroxylation sites is 1. The molecule has 0 amide bonds. The van der Waals surface area contributed by atoms with Gasteiger partial charge in [-0.1, -0.05) is 115 Å². The van der Waals surface area contributed by atoms with E-state index < -0.39 is 0 Å². The quantitative estimate of drug-likeness (QED) is 0.187. The van der Waals surface area contributed by atoms with Crippen LogP contribution in [0.1, 0.15) is 0 Å². The van der Waals surface area contributed by atoms with Crippen LogP contribution < -0.4 is 0 Å². The van der Waals surface area contributed by atoms with Gasteiger partial charge in [0.05, 0.1) is 11.0 Å². The molecule has 0 N–H and O–H groups in total. The number of furan rings is 1. The van der Waals surface area contributed by atoms with Crippen LogP contribution in [-0.2, 0) is 0 Å². The predicted molar refractivity (Wildman–Crippen MR) is 211 cm³/mol. The first-order chi connectivity index (χ1) is 25.3. The van der Waals surface area contributed by atoms with E-state index in [4.69, 9.17) is 19.4 Å². The number of rotatable bonds is 4. The Balaban J connectivity index is 1.17. The summed E-state index contributed by atoms with van der Waals surface area (Å²) in [6, 6.07) is 54.8. The van der Waals surface area contributed by atoms with E-state index in [2.05, 4.69) is 120 Å². The summed E-state index contributed by atoms with van der Waals surface area (Å²) in [7, 11) is 0. The van der Waals surface area contributed by atoms with Crippen LogP contribution in [0.15, 0.2) is 162 Å². The van der Waals surface area contributed by atoms with Crippen molar-refractivity contribution in [1.29, 1.82) is 0 Å². The van der Waals surface area contributed by atoms with E-state index >= 15 is 0 Å². The maximum Gasteiger partial charge on any atom is 0.238 e. The van der Waals surface area contributed by atoms with Gasteiger partial charge in [0.25, 0.3) is 0 Å². The van der Waals surface area contributed by atoms with E-state index in [1.807, 2.05) is 53.8 Å². The topological polar surface area (TPSA) is 56.7 Å². The molecular formula is C45H26N4OS. The van der Waals surface area contributed by atoms with Crippen molar-refractivity contribution in [2.75, 3.05) is 0 Å². The second-order valence-corrected chi connectivity index (χ2v) is 13.9. The highest BCUT2D eigenvalue weighted by Crippen LogP contribution is 2.43. The van der Waals surface area contributed by atoms with Gasteiger partial charge >= 0.3 is 0 Å². The third kappa shape index (κ3) is 4.30. The fraction of sp³-hybridized carbons (Fsp3) is 0. The zero-order valence-electron chi connectivity index (χ0n) is 27.1. The van der Waals surface area contributed by atoms with Gasteiger partial charge in [-0.25, -0.2) is 4.98 Å². The SMILES string of the molecule is c1ccc(-c2nc(-c3ccc4c(c3)oc3cccc(-c5ccccc5)c34)nc(-n3c4ccccc4c4c5c(ccc43)sc3ccccc35)n2)cc1. The number of fused-ring (bicyclic) bond motifs is 10. The van der Waals surface area contributed by atoms with Crippen LogP contribution in [0.2, 0.25) is 0 Å². The molecule has 0 aliphatic heterocycles. The monoisotopic (exact) mass is 670 g/mol. The second kappa shape index (κ2) is 10.9. The largest absolute Gasteiger partial charge is 0.456 e. The number of benzene rings is 7. The summed E-state index contributed by atoms with van der Waals surface area (Å²) in [6.45, 7) is 0. The molecule has 11 aromatic rings. The van der Waals surface area contributed by atoms with Gasteiger partial charge in [0, 0.05) is 52.8 Å². The first-order valence-corrected chi connectivity index (χ1v) is 17.8. The van der Waals surface area contributed by atoms with Gasteiger partial charge in [0.15, 0.2) is 11.6 Å². The average molecular weight is 671 g/mol. The summed E-state index contributed by atoms with van der Waals surface area (Å²) in [5, 5.41) is 7.07. The molecule has 6 heteroatoms. The maximum absolute atomic E-state index is 6.50. The van der Waals surface area contributed by atoms with Crippen LogP contribution in [-0.4, -0.2) is 19.5 Å². The molecule has 51 heavy (non-hydrogen) atoms. The summed E-state index contributed by atoms with van der Waals surface area (Å²) >= 11 is 1.83. The molecular weight excluding hydrogens is 645 g/mol. The lowest BCUT2D eigenvalue weighted by atomic mass is 9.99. The Bertz CT molecular complexity index is 3140. The number of thiophene rings is 1. The van der Waals surface area contributed by atoms with Crippen molar-refractivity contribution in [2.45, 2.75) is 0 Å². The van der Waals surface area contributed by atoms with E-state index in [1.54, 1.807) is 0 Å². The summed E-state index contributed by atoms with van der Waals surface area (Å²) < 4.78 is 11.2. The first-order valence-electron chi connectivity index (χ1n) is 16.9. The highest BCUT2D eigenvalue weighted by Gasteiger charge is 2.21. The summed E-state index contributed by atoms with van der Waals surface area (Å²) in [5.74, 6) is 1.76. The van der Waals surface area contributed by atoms with Gasteiger partial charge < -0.3 is 4.42 Å². The lowest BCUT2D eigenvalue weighted by molar-refractivity contribution is 0.669. The number of hydrogen-bond donors (Lipinski definition) is 0. The van der Waals surface area contributed by atoms with Crippen molar-refractivity contribution in [3.63, 3.8) is 0 Å². The van der Waals surface area contributed by atoms with Crippen LogP contribution >= 0.6 is 11.3 Å². The van der Waals surface area contributed by atoms with Crippen molar-refractivity contribution in [3.05, 3.63) is 158 Å². The van der Waals surface area contributed by atoms with Crippen molar-refractivity contribution < 1.29 is 4.42 Å². The molecule has 11 rings (SSSR count). The van der Waals surface area contributed by atoms with Crippen LogP contribution in [0.3, 0.4) is 0 Å². The molecule has 0 atom stereocenters. The van der Waals surface area contributed by atoms with E-state index in [0.29, 0.717) is 17.6 Å². The zero-order valence-corrected chi connectivity index (χ0v) is 27.9. The van der Waals surface area contributed by atoms with Crippen molar-refractivity contribution in [3.8, 4) is 39.9 Å². The molecule has 5 nitrogen and oxygen atoms in total. The third-order valence-electron chi connectivity index (χ3n) is 9.87. The van der Waals surface area contributed by atoms with Gasteiger partial charge in [0.1, 0.15) is 11.2 Å². The first kappa shape index (κ1) is 28.2. The minimum absolute atomic E-state index is 0.569. The molecule has 238 valence electrons. The molecule has 7 aromatic carbocycles. The van der Waals surface area contributed by atoms with Gasteiger partial charge in [-0.2, -0.15) is 9.97 Å². The molecule has 4 aromatic heterocycles. The molecule has 0 fully saturated rings. The van der Waals surface area contributed by atoms with Crippen molar-refractivity contribution >= 4 is 75.3 Å². The predicted octanol–water partition coefficient (Wildman–Crippen LogP) is 12.2. The lowest BCUT2D eigenvalue weighted by Gasteiger charge is -2.11. The highest BCUT2D eigenvalue weighted by molar-refractivity contribution is 7.26. The number of nitrogens with zero attached hydrogens (tertiary/aromatic N) is 4. The number of hydrogen-bond acceptors (Lipinski definition) is 5. The lowest BCUT2D eigenvalue weighted by Crippen LogP contribution is -2.06. The summed E-state index contributed by atoms with van der Waals surface area (Å²) in [6.07, 6.45) is 0. The Morgan fingerprint density at radius 2 is 1.16 bits per heavy atom. The molecule has 0 aliphatic rings. The Morgan fingerprint density at radius 3 is 2.00 bits per heavy atom. The normalized spacial score (nSPS) is 11.9.